The molecule has 1 N–H and O–H groups in total. The van der Waals surface area contributed by atoms with Crippen LogP contribution in [-0.2, 0) is 4.74 Å². The van der Waals surface area contributed by atoms with E-state index >= 15 is 0 Å². The van der Waals surface area contributed by atoms with E-state index in [1.54, 1.807) is 0 Å². The van der Waals surface area contributed by atoms with Crippen LogP contribution in [0.25, 0.3) is 0 Å². The van der Waals surface area contributed by atoms with E-state index in [4.69, 9.17) is 4.74 Å². The third kappa shape index (κ3) is 2.98. The van der Waals surface area contributed by atoms with Crippen LogP contribution in [0.4, 0.5) is 0 Å². The Bertz CT molecular complexity index is 181. The van der Waals surface area contributed by atoms with E-state index in [1.807, 2.05) is 6.92 Å². The standard InChI is InChI=1S/C14H28O2/c1-4-14(5-2,16-6-3)13(15)12-10-8-7-9-11-12/h12-13,15H,4-11H2,1-3H3. The van der Waals surface area contributed by atoms with Gasteiger partial charge in [-0.3, -0.25) is 0 Å². The van der Waals surface area contributed by atoms with Crippen LogP contribution in [0.3, 0.4) is 0 Å². The van der Waals surface area contributed by atoms with Crippen LogP contribution < -0.4 is 0 Å². The number of hydrogen-bond acceptors (Lipinski definition) is 2. The van der Waals surface area contributed by atoms with Gasteiger partial charge in [0.05, 0.1) is 11.7 Å². The summed E-state index contributed by atoms with van der Waals surface area (Å²) in [6, 6.07) is 0. The van der Waals surface area contributed by atoms with Gasteiger partial charge in [0, 0.05) is 6.61 Å². The largest absolute Gasteiger partial charge is 0.390 e. The first-order chi connectivity index (χ1) is 7.70. The molecule has 0 spiro atoms. The summed E-state index contributed by atoms with van der Waals surface area (Å²) in [5.74, 6) is 0.459. The quantitative estimate of drug-likeness (QED) is 0.753. The minimum absolute atomic E-state index is 0.275. The summed E-state index contributed by atoms with van der Waals surface area (Å²) < 4.78 is 5.89. The van der Waals surface area contributed by atoms with Gasteiger partial charge in [-0.05, 0) is 38.5 Å². The lowest BCUT2D eigenvalue weighted by Crippen LogP contribution is -2.48. The number of rotatable bonds is 6. The zero-order chi connectivity index (χ0) is 12.0. The maximum atomic E-state index is 10.6. The Morgan fingerprint density at radius 2 is 1.69 bits per heavy atom. The minimum Gasteiger partial charge on any atom is -0.390 e. The third-order valence-electron chi connectivity index (χ3n) is 4.26. The van der Waals surface area contributed by atoms with Gasteiger partial charge in [-0.2, -0.15) is 0 Å². The van der Waals surface area contributed by atoms with Gasteiger partial charge in [-0.15, -0.1) is 0 Å². The Balaban J connectivity index is 2.67. The summed E-state index contributed by atoms with van der Waals surface area (Å²) >= 11 is 0. The van der Waals surface area contributed by atoms with Gasteiger partial charge in [0.2, 0.25) is 0 Å². The Labute approximate surface area is 100 Å². The molecule has 1 saturated carbocycles. The number of aliphatic hydroxyl groups is 1. The van der Waals surface area contributed by atoms with Crippen molar-refractivity contribution in [3.05, 3.63) is 0 Å². The molecule has 0 aliphatic heterocycles. The van der Waals surface area contributed by atoms with E-state index in [0.29, 0.717) is 12.5 Å². The first kappa shape index (κ1) is 14.0. The van der Waals surface area contributed by atoms with E-state index in [1.165, 1.54) is 32.1 Å². The summed E-state index contributed by atoms with van der Waals surface area (Å²) in [6.07, 6.45) is 7.79. The Morgan fingerprint density at radius 1 is 1.12 bits per heavy atom. The van der Waals surface area contributed by atoms with E-state index < -0.39 is 0 Å². The van der Waals surface area contributed by atoms with E-state index in [0.717, 1.165) is 12.8 Å². The maximum Gasteiger partial charge on any atom is 0.0937 e. The molecule has 1 aliphatic rings. The SMILES string of the molecule is CCOC(CC)(CC)C(O)C1CCCCC1. The van der Waals surface area contributed by atoms with Crippen LogP contribution in [0, 0.1) is 5.92 Å². The van der Waals surface area contributed by atoms with Crippen LogP contribution in [-0.4, -0.2) is 23.4 Å². The lowest BCUT2D eigenvalue weighted by Gasteiger charge is -2.41. The van der Waals surface area contributed by atoms with Crippen LogP contribution in [0.1, 0.15) is 65.7 Å². The van der Waals surface area contributed by atoms with Crippen molar-refractivity contribution in [1.82, 2.24) is 0 Å². The smallest absolute Gasteiger partial charge is 0.0937 e. The zero-order valence-electron chi connectivity index (χ0n) is 11.2. The lowest BCUT2D eigenvalue weighted by atomic mass is 9.76. The van der Waals surface area contributed by atoms with Gasteiger partial charge in [0.15, 0.2) is 0 Å². The van der Waals surface area contributed by atoms with Gasteiger partial charge >= 0.3 is 0 Å². The molecule has 1 unspecified atom stereocenters. The summed E-state index contributed by atoms with van der Waals surface area (Å²) in [5, 5.41) is 10.6. The second-order valence-electron chi connectivity index (χ2n) is 5.05. The average molecular weight is 228 g/mol. The van der Waals surface area contributed by atoms with Crippen molar-refractivity contribution in [2.45, 2.75) is 77.4 Å². The molecule has 0 heterocycles. The highest BCUT2D eigenvalue weighted by atomic mass is 16.5. The fourth-order valence-electron chi connectivity index (χ4n) is 3.12. The Morgan fingerprint density at radius 3 is 2.12 bits per heavy atom. The minimum atomic E-state index is -0.295. The average Bonchev–Trinajstić information content (AvgIpc) is 2.36. The molecule has 1 atom stereocenters. The highest BCUT2D eigenvalue weighted by molar-refractivity contribution is 4.91. The second-order valence-corrected chi connectivity index (χ2v) is 5.05. The summed E-state index contributed by atoms with van der Waals surface area (Å²) in [4.78, 5) is 0. The van der Waals surface area contributed by atoms with Gasteiger partial charge in [0.25, 0.3) is 0 Å². The molecule has 16 heavy (non-hydrogen) atoms. The Hall–Kier alpha value is -0.0800. The van der Waals surface area contributed by atoms with E-state index in [9.17, 15) is 5.11 Å². The molecule has 96 valence electrons. The molecule has 1 aliphatic carbocycles. The molecule has 0 aromatic rings. The predicted molar refractivity (Wildman–Crippen MR) is 67.5 cm³/mol. The molecule has 0 aromatic heterocycles. The van der Waals surface area contributed by atoms with Crippen molar-refractivity contribution < 1.29 is 9.84 Å². The van der Waals surface area contributed by atoms with Crippen molar-refractivity contribution in [3.63, 3.8) is 0 Å². The van der Waals surface area contributed by atoms with Crippen molar-refractivity contribution in [2.75, 3.05) is 6.61 Å². The van der Waals surface area contributed by atoms with Crippen molar-refractivity contribution >= 4 is 0 Å². The second kappa shape index (κ2) is 6.61. The lowest BCUT2D eigenvalue weighted by molar-refractivity contribution is -0.147. The van der Waals surface area contributed by atoms with Gasteiger partial charge in [0.1, 0.15) is 0 Å². The molecule has 1 fully saturated rings. The molecule has 0 radical (unpaired) electrons. The van der Waals surface area contributed by atoms with Gasteiger partial charge in [-0.25, -0.2) is 0 Å². The topological polar surface area (TPSA) is 29.5 Å². The van der Waals surface area contributed by atoms with Crippen molar-refractivity contribution in [3.8, 4) is 0 Å². The van der Waals surface area contributed by atoms with Crippen molar-refractivity contribution in [2.24, 2.45) is 5.92 Å². The fraction of sp³-hybridized carbons (Fsp3) is 1.00. The molecule has 0 saturated heterocycles. The van der Waals surface area contributed by atoms with Gasteiger partial charge < -0.3 is 9.84 Å². The molecule has 0 amide bonds. The predicted octanol–water partition coefficient (Wildman–Crippen LogP) is 3.52. The molecule has 0 aromatic carbocycles. The highest BCUT2D eigenvalue weighted by Crippen LogP contribution is 2.36. The van der Waals surface area contributed by atoms with Crippen LogP contribution in [0.15, 0.2) is 0 Å². The summed E-state index contributed by atoms with van der Waals surface area (Å²) in [7, 11) is 0. The number of hydrogen-bond donors (Lipinski definition) is 1. The zero-order valence-corrected chi connectivity index (χ0v) is 11.2. The van der Waals surface area contributed by atoms with Crippen molar-refractivity contribution in [1.29, 1.82) is 0 Å². The third-order valence-corrected chi connectivity index (χ3v) is 4.26. The monoisotopic (exact) mass is 228 g/mol. The highest BCUT2D eigenvalue weighted by Gasteiger charge is 2.40. The molecule has 2 heteroatoms. The fourth-order valence-corrected chi connectivity index (χ4v) is 3.12. The first-order valence-electron chi connectivity index (χ1n) is 7.02. The van der Waals surface area contributed by atoms with Crippen LogP contribution in [0.2, 0.25) is 0 Å². The normalized spacial score (nSPS) is 21.0. The van der Waals surface area contributed by atoms with E-state index in [2.05, 4.69) is 13.8 Å². The van der Waals surface area contributed by atoms with E-state index in [-0.39, 0.29) is 11.7 Å². The molecular formula is C14H28O2. The molecule has 2 nitrogen and oxygen atoms in total. The summed E-state index contributed by atoms with van der Waals surface area (Å²) in [6.45, 7) is 6.98. The maximum absolute atomic E-state index is 10.6. The van der Waals surface area contributed by atoms with Crippen LogP contribution >= 0.6 is 0 Å². The molecule has 1 rings (SSSR count). The van der Waals surface area contributed by atoms with Gasteiger partial charge in [-0.1, -0.05) is 33.1 Å². The number of aliphatic hydroxyl groups excluding tert-OH is 1. The Kier molecular flexibility index (Phi) is 5.77. The number of ether oxygens (including phenoxy) is 1. The van der Waals surface area contributed by atoms with Crippen LogP contribution in [0.5, 0.6) is 0 Å². The first-order valence-corrected chi connectivity index (χ1v) is 7.02. The molecular weight excluding hydrogens is 200 g/mol. The molecule has 0 bridgehead atoms. The summed E-state index contributed by atoms with van der Waals surface area (Å²) in [5.41, 5.74) is -0.295.